The van der Waals surface area contributed by atoms with Gasteiger partial charge in [-0.1, -0.05) is 199 Å². The highest BCUT2D eigenvalue weighted by molar-refractivity contribution is 7.47. The fraction of sp³-hybridized carbons (Fsp3) is 0.918. The number of nitrogens with zero attached hydrogens (tertiary/aromatic N) is 1. The standard InChI is InChI=1S/C49H96NO8P/c1-6-8-10-12-14-16-18-20-22-23-24-25-26-27-28-30-32-34-36-38-40-42-49(52)58-47(46-57-59(53,54)56-44-43-50(3,4)5)45-55-48(51)41-39-37-35-33-31-29-21-19-17-15-13-11-9-7-2/h20,22,47H,6-19,21,23-46H2,1-5H3/p+1/b22-20+/t47-/m1/s1. The summed E-state index contributed by atoms with van der Waals surface area (Å²) in [7, 11) is 1.49. The lowest BCUT2D eigenvalue weighted by Gasteiger charge is -2.24. The number of phosphoric acid groups is 1. The molecule has 59 heavy (non-hydrogen) atoms. The van der Waals surface area contributed by atoms with E-state index in [4.69, 9.17) is 18.5 Å². The van der Waals surface area contributed by atoms with Gasteiger partial charge in [-0.05, 0) is 38.5 Å². The van der Waals surface area contributed by atoms with Crippen molar-refractivity contribution in [3.05, 3.63) is 12.2 Å². The van der Waals surface area contributed by atoms with E-state index >= 15 is 0 Å². The third-order valence-electron chi connectivity index (χ3n) is 11.0. The van der Waals surface area contributed by atoms with E-state index in [0.717, 1.165) is 32.1 Å². The van der Waals surface area contributed by atoms with Crippen molar-refractivity contribution >= 4 is 19.8 Å². The van der Waals surface area contributed by atoms with E-state index in [1.807, 2.05) is 21.1 Å². The Labute approximate surface area is 365 Å². The number of likely N-dealkylation sites (N-methyl/N-ethyl adjacent to an activating group) is 1. The Morgan fingerprint density at radius 2 is 0.864 bits per heavy atom. The highest BCUT2D eigenvalue weighted by Gasteiger charge is 2.27. The molecule has 0 aliphatic heterocycles. The highest BCUT2D eigenvalue weighted by Crippen LogP contribution is 2.43. The van der Waals surface area contributed by atoms with Crippen LogP contribution in [0.15, 0.2) is 12.2 Å². The summed E-state index contributed by atoms with van der Waals surface area (Å²) in [6.07, 6.45) is 45.4. The van der Waals surface area contributed by atoms with E-state index in [1.165, 1.54) is 173 Å². The lowest BCUT2D eigenvalue weighted by Crippen LogP contribution is -2.37. The molecule has 0 aromatic heterocycles. The molecule has 0 spiro atoms. The van der Waals surface area contributed by atoms with Crippen molar-refractivity contribution in [1.29, 1.82) is 0 Å². The summed E-state index contributed by atoms with van der Waals surface area (Å²) in [4.78, 5) is 35.5. The van der Waals surface area contributed by atoms with Gasteiger partial charge in [0, 0.05) is 12.8 Å². The number of allylic oxidation sites excluding steroid dienone is 2. The molecule has 350 valence electrons. The lowest BCUT2D eigenvalue weighted by atomic mass is 10.0. The van der Waals surface area contributed by atoms with Crippen molar-refractivity contribution < 1.29 is 42.1 Å². The molecule has 9 nitrogen and oxygen atoms in total. The second-order valence-corrected chi connectivity index (χ2v) is 19.7. The maximum atomic E-state index is 12.7. The van der Waals surface area contributed by atoms with E-state index in [2.05, 4.69) is 26.0 Å². The van der Waals surface area contributed by atoms with Gasteiger partial charge in [-0.25, -0.2) is 4.57 Å². The Hall–Kier alpha value is -1.25. The van der Waals surface area contributed by atoms with Gasteiger partial charge >= 0.3 is 19.8 Å². The van der Waals surface area contributed by atoms with Gasteiger partial charge in [-0.15, -0.1) is 0 Å². The predicted molar refractivity (Wildman–Crippen MR) is 248 cm³/mol. The van der Waals surface area contributed by atoms with Crippen LogP contribution in [0.1, 0.15) is 239 Å². The quantitative estimate of drug-likeness (QED) is 0.0212. The fourth-order valence-corrected chi connectivity index (χ4v) is 7.87. The third kappa shape index (κ3) is 46.1. The molecule has 2 atom stereocenters. The Bertz CT molecular complexity index is 1020. The second kappa shape index (κ2) is 42.1. The summed E-state index contributed by atoms with van der Waals surface area (Å²) in [5.74, 6) is -0.785. The molecule has 1 unspecified atom stereocenters. The normalized spacial score (nSPS) is 13.5. The van der Waals surface area contributed by atoms with Gasteiger partial charge < -0.3 is 18.9 Å². The molecule has 0 fully saturated rings. The SMILES string of the molecule is CCCCCCCC/C=C/CCCCCCCCCCCCCC(=O)O[C@H](COC(=O)CCCCCCCCCCCCCCCC)COP(=O)(O)OCC[N+](C)(C)C. The van der Waals surface area contributed by atoms with Crippen LogP contribution in [0.4, 0.5) is 0 Å². The molecule has 0 saturated carbocycles. The molecule has 0 aliphatic carbocycles. The number of hydrogen-bond acceptors (Lipinski definition) is 7. The molecule has 0 radical (unpaired) electrons. The Balaban J connectivity index is 4.22. The number of phosphoric ester groups is 1. The van der Waals surface area contributed by atoms with Crippen molar-refractivity contribution in [3.63, 3.8) is 0 Å². The Morgan fingerprint density at radius 3 is 1.25 bits per heavy atom. The van der Waals surface area contributed by atoms with Gasteiger partial charge in [0.05, 0.1) is 27.7 Å². The van der Waals surface area contributed by atoms with Crippen LogP contribution in [0.25, 0.3) is 0 Å². The van der Waals surface area contributed by atoms with Crippen LogP contribution < -0.4 is 0 Å². The first-order valence-electron chi connectivity index (χ1n) is 24.9. The van der Waals surface area contributed by atoms with E-state index in [1.54, 1.807) is 0 Å². The summed E-state index contributed by atoms with van der Waals surface area (Å²) in [5.41, 5.74) is 0. The fourth-order valence-electron chi connectivity index (χ4n) is 7.13. The van der Waals surface area contributed by atoms with Gasteiger partial charge in [-0.3, -0.25) is 18.6 Å². The minimum atomic E-state index is -4.37. The zero-order valence-corrected chi connectivity index (χ0v) is 40.4. The van der Waals surface area contributed by atoms with E-state index in [0.29, 0.717) is 23.9 Å². The van der Waals surface area contributed by atoms with Gasteiger partial charge in [-0.2, -0.15) is 0 Å². The second-order valence-electron chi connectivity index (χ2n) is 18.2. The zero-order chi connectivity index (χ0) is 43.6. The molecule has 1 N–H and O–H groups in total. The molecule has 0 bridgehead atoms. The molecule has 0 aromatic carbocycles. The number of carbonyl (C=O) groups is 2. The van der Waals surface area contributed by atoms with Crippen LogP contribution in [0.3, 0.4) is 0 Å². The third-order valence-corrected chi connectivity index (χ3v) is 12.0. The van der Waals surface area contributed by atoms with E-state index in [-0.39, 0.29) is 25.6 Å². The van der Waals surface area contributed by atoms with Gasteiger partial charge in [0.1, 0.15) is 19.8 Å². The van der Waals surface area contributed by atoms with Crippen LogP contribution in [0, 0.1) is 0 Å². The van der Waals surface area contributed by atoms with E-state index < -0.39 is 26.5 Å². The number of quaternary nitrogens is 1. The summed E-state index contributed by atoms with van der Waals surface area (Å²) < 4.78 is 34.4. The Morgan fingerprint density at radius 1 is 0.508 bits per heavy atom. The summed E-state index contributed by atoms with van der Waals surface area (Å²) in [6.45, 7) is 4.46. The van der Waals surface area contributed by atoms with Crippen LogP contribution in [0.5, 0.6) is 0 Å². The monoisotopic (exact) mass is 859 g/mol. The topological polar surface area (TPSA) is 108 Å². The Kier molecular flexibility index (Phi) is 41.2. The average molecular weight is 859 g/mol. The van der Waals surface area contributed by atoms with Crippen LogP contribution in [0.2, 0.25) is 0 Å². The maximum Gasteiger partial charge on any atom is 0.472 e. The summed E-state index contributed by atoms with van der Waals surface area (Å²) in [6, 6.07) is 0. The molecule has 0 rings (SSSR count). The van der Waals surface area contributed by atoms with Crippen molar-refractivity contribution in [3.8, 4) is 0 Å². The van der Waals surface area contributed by atoms with Gasteiger partial charge in [0.15, 0.2) is 6.10 Å². The van der Waals surface area contributed by atoms with Gasteiger partial charge in [0.2, 0.25) is 0 Å². The number of carbonyl (C=O) groups excluding carboxylic acids is 2. The molecule has 0 aliphatic rings. The lowest BCUT2D eigenvalue weighted by molar-refractivity contribution is -0.870. The average Bonchev–Trinajstić information content (AvgIpc) is 3.19. The van der Waals surface area contributed by atoms with Gasteiger partial charge in [0.25, 0.3) is 0 Å². The van der Waals surface area contributed by atoms with Crippen molar-refractivity contribution in [1.82, 2.24) is 0 Å². The summed E-state index contributed by atoms with van der Waals surface area (Å²) >= 11 is 0. The first-order valence-corrected chi connectivity index (χ1v) is 26.4. The molecule has 0 aromatic rings. The first-order chi connectivity index (χ1) is 28.5. The molecule has 10 heteroatoms. The summed E-state index contributed by atoms with van der Waals surface area (Å²) in [5, 5.41) is 0. The van der Waals surface area contributed by atoms with E-state index in [9.17, 15) is 19.0 Å². The number of hydrogen-bond donors (Lipinski definition) is 1. The smallest absolute Gasteiger partial charge is 0.462 e. The van der Waals surface area contributed by atoms with Crippen molar-refractivity contribution in [2.45, 2.75) is 245 Å². The highest BCUT2D eigenvalue weighted by atomic mass is 31.2. The molecule has 0 amide bonds. The molecule has 0 saturated heterocycles. The number of ether oxygens (including phenoxy) is 2. The number of esters is 2. The molecule has 0 heterocycles. The first kappa shape index (κ1) is 57.8. The maximum absolute atomic E-state index is 12.7. The number of unbranched alkanes of at least 4 members (excludes halogenated alkanes) is 30. The zero-order valence-electron chi connectivity index (χ0n) is 39.5. The van der Waals surface area contributed by atoms with Crippen molar-refractivity contribution in [2.24, 2.45) is 0 Å². The minimum absolute atomic E-state index is 0.0351. The molecular formula is C49H97NO8P+. The van der Waals surface area contributed by atoms with Crippen molar-refractivity contribution in [2.75, 3.05) is 47.5 Å². The van der Waals surface area contributed by atoms with Crippen LogP contribution >= 0.6 is 7.82 Å². The minimum Gasteiger partial charge on any atom is -0.462 e. The number of rotatable bonds is 46. The largest absolute Gasteiger partial charge is 0.472 e. The predicted octanol–water partition coefficient (Wildman–Crippen LogP) is 14.5. The van der Waals surface area contributed by atoms with Crippen LogP contribution in [-0.2, 0) is 32.7 Å². The molecular weight excluding hydrogens is 762 g/mol. The van der Waals surface area contributed by atoms with Crippen LogP contribution in [-0.4, -0.2) is 74.9 Å².